The first-order valence-electron chi connectivity index (χ1n) is 8.68. The van der Waals surface area contributed by atoms with Crippen molar-refractivity contribution in [2.75, 3.05) is 26.8 Å². The molecular weight excluding hydrogens is 333 g/mol. The van der Waals surface area contributed by atoms with Crippen molar-refractivity contribution in [2.45, 2.75) is 19.4 Å². The van der Waals surface area contributed by atoms with E-state index in [0.717, 1.165) is 11.1 Å². The van der Waals surface area contributed by atoms with Crippen LogP contribution >= 0.6 is 0 Å². The summed E-state index contributed by atoms with van der Waals surface area (Å²) in [7, 11) is 1.44. The van der Waals surface area contributed by atoms with Gasteiger partial charge in [-0.2, -0.15) is 0 Å². The van der Waals surface area contributed by atoms with E-state index in [9.17, 15) is 9.50 Å². The Balaban J connectivity index is 2.00. The van der Waals surface area contributed by atoms with Gasteiger partial charge in [0.2, 0.25) is 0 Å². The summed E-state index contributed by atoms with van der Waals surface area (Å²) in [5.41, 5.74) is 1.82. The van der Waals surface area contributed by atoms with Gasteiger partial charge in [0.05, 0.1) is 20.3 Å². The van der Waals surface area contributed by atoms with E-state index in [1.54, 1.807) is 12.1 Å². The molecule has 0 saturated heterocycles. The highest BCUT2D eigenvalue weighted by atomic mass is 19.1. The van der Waals surface area contributed by atoms with Crippen LogP contribution in [0.3, 0.4) is 0 Å². The molecule has 0 amide bonds. The Bertz CT molecular complexity index is 707. The third-order valence-corrected chi connectivity index (χ3v) is 3.99. The van der Waals surface area contributed by atoms with Crippen LogP contribution in [-0.4, -0.2) is 37.9 Å². The summed E-state index contributed by atoms with van der Waals surface area (Å²) in [6, 6.07) is 14.6. The number of guanidine groups is 1. The first kappa shape index (κ1) is 19.7. The van der Waals surface area contributed by atoms with Crippen LogP contribution in [-0.2, 0) is 6.54 Å². The third-order valence-electron chi connectivity index (χ3n) is 3.99. The molecule has 0 aromatic heterocycles. The lowest BCUT2D eigenvalue weighted by Crippen LogP contribution is -2.39. The molecule has 0 aliphatic rings. The number of nitrogens with zero attached hydrogens (tertiary/aromatic N) is 1. The first-order chi connectivity index (χ1) is 12.7. The number of hydrogen-bond acceptors (Lipinski definition) is 3. The number of ether oxygens (including phenoxy) is 1. The molecule has 3 N–H and O–H groups in total. The molecule has 2 rings (SSSR count). The third kappa shape index (κ3) is 5.74. The fraction of sp³-hybridized carbons (Fsp3) is 0.350. The smallest absolute Gasteiger partial charge is 0.191 e. The molecule has 0 saturated carbocycles. The summed E-state index contributed by atoms with van der Waals surface area (Å²) in [6.07, 6.45) is 0. The van der Waals surface area contributed by atoms with Crippen molar-refractivity contribution < 1.29 is 14.2 Å². The lowest BCUT2D eigenvalue weighted by atomic mass is 10.0. The van der Waals surface area contributed by atoms with Crippen LogP contribution in [0.15, 0.2) is 53.5 Å². The highest BCUT2D eigenvalue weighted by Gasteiger charge is 2.11. The number of nitrogens with one attached hydrogen (secondary N) is 2. The molecule has 140 valence electrons. The van der Waals surface area contributed by atoms with Gasteiger partial charge in [-0.25, -0.2) is 9.38 Å². The molecule has 0 bridgehead atoms. The predicted molar refractivity (Wildman–Crippen MR) is 102 cm³/mol. The number of methoxy groups -OCH3 is 1. The highest BCUT2D eigenvalue weighted by molar-refractivity contribution is 5.79. The maximum atomic E-state index is 13.8. The van der Waals surface area contributed by atoms with Gasteiger partial charge >= 0.3 is 0 Å². The van der Waals surface area contributed by atoms with Gasteiger partial charge in [-0.1, -0.05) is 36.4 Å². The second-order valence-corrected chi connectivity index (χ2v) is 5.84. The Morgan fingerprint density at radius 1 is 1.19 bits per heavy atom. The van der Waals surface area contributed by atoms with Crippen molar-refractivity contribution in [3.05, 3.63) is 65.5 Å². The average Bonchev–Trinajstić information content (AvgIpc) is 2.67. The number of hydrogen-bond donors (Lipinski definition) is 3. The predicted octanol–water partition coefficient (Wildman–Crippen LogP) is 2.67. The van der Waals surface area contributed by atoms with Crippen LogP contribution in [0.1, 0.15) is 24.0 Å². The molecule has 0 aliphatic carbocycles. The summed E-state index contributed by atoms with van der Waals surface area (Å²) in [5.74, 6) is 0.413. The minimum Gasteiger partial charge on any atom is -0.494 e. The summed E-state index contributed by atoms with van der Waals surface area (Å²) in [6.45, 7) is 3.61. The van der Waals surface area contributed by atoms with Crippen molar-refractivity contribution in [3.63, 3.8) is 0 Å². The number of aliphatic hydroxyl groups is 1. The van der Waals surface area contributed by atoms with Crippen LogP contribution < -0.4 is 15.4 Å². The van der Waals surface area contributed by atoms with Gasteiger partial charge in [-0.3, -0.25) is 0 Å². The number of halogens is 1. The van der Waals surface area contributed by atoms with Crippen molar-refractivity contribution in [2.24, 2.45) is 4.99 Å². The largest absolute Gasteiger partial charge is 0.494 e. The van der Waals surface area contributed by atoms with E-state index in [4.69, 9.17) is 4.74 Å². The molecule has 1 unspecified atom stereocenters. The topological polar surface area (TPSA) is 65.9 Å². The van der Waals surface area contributed by atoms with Crippen LogP contribution in [0.2, 0.25) is 0 Å². The summed E-state index contributed by atoms with van der Waals surface area (Å²) in [4.78, 5) is 4.49. The van der Waals surface area contributed by atoms with Crippen LogP contribution in [0.5, 0.6) is 5.75 Å². The van der Waals surface area contributed by atoms with Gasteiger partial charge in [0.25, 0.3) is 0 Å². The van der Waals surface area contributed by atoms with E-state index in [2.05, 4.69) is 15.6 Å². The summed E-state index contributed by atoms with van der Waals surface area (Å²) in [5, 5.41) is 16.1. The van der Waals surface area contributed by atoms with Gasteiger partial charge in [-0.15, -0.1) is 0 Å². The summed E-state index contributed by atoms with van der Waals surface area (Å²) < 4.78 is 18.7. The van der Waals surface area contributed by atoms with E-state index in [1.807, 2.05) is 37.3 Å². The van der Waals surface area contributed by atoms with E-state index in [0.29, 0.717) is 25.6 Å². The fourth-order valence-electron chi connectivity index (χ4n) is 2.55. The molecule has 0 aliphatic heterocycles. The van der Waals surface area contributed by atoms with Gasteiger partial charge in [0.1, 0.15) is 0 Å². The van der Waals surface area contributed by atoms with E-state index >= 15 is 0 Å². The molecule has 1 atom stereocenters. The zero-order valence-electron chi connectivity index (χ0n) is 15.2. The Hall–Kier alpha value is -2.60. The second kappa shape index (κ2) is 10.4. The number of rotatable bonds is 8. The Morgan fingerprint density at radius 2 is 1.96 bits per heavy atom. The van der Waals surface area contributed by atoms with Gasteiger partial charge < -0.3 is 20.5 Å². The maximum absolute atomic E-state index is 13.8. The molecule has 0 radical (unpaired) electrons. The lowest BCUT2D eigenvalue weighted by Gasteiger charge is -2.18. The van der Waals surface area contributed by atoms with E-state index in [1.165, 1.54) is 13.2 Å². The van der Waals surface area contributed by atoms with Crippen LogP contribution in [0, 0.1) is 5.82 Å². The van der Waals surface area contributed by atoms with Crippen molar-refractivity contribution in [3.8, 4) is 5.75 Å². The SMILES string of the molecule is CCNC(=NCc1ccc(OC)c(F)c1)NCC(CO)c1ccccc1. The zero-order valence-corrected chi connectivity index (χ0v) is 15.2. The van der Waals surface area contributed by atoms with Crippen molar-refractivity contribution in [1.82, 2.24) is 10.6 Å². The average molecular weight is 359 g/mol. The summed E-state index contributed by atoms with van der Waals surface area (Å²) >= 11 is 0. The van der Waals surface area contributed by atoms with Crippen LogP contribution in [0.25, 0.3) is 0 Å². The van der Waals surface area contributed by atoms with E-state index in [-0.39, 0.29) is 18.3 Å². The first-order valence-corrected chi connectivity index (χ1v) is 8.68. The molecular formula is C20H26FN3O2. The molecule has 2 aromatic rings. The van der Waals surface area contributed by atoms with Crippen LogP contribution in [0.4, 0.5) is 4.39 Å². The number of benzene rings is 2. The normalized spacial score (nSPS) is 12.5. The molecule has 0 fully saturated rings. The second-order valence-electron chi connectivity index (χ2n) is 5.84. The van der Waals surface area contributed by atoms with Gasteiger partial charge in [0.15, 0.2) is 17.5 Å². The molecule has 2 aromatic carbocycles. The molecule has 5 nitrogen and oxygen atoms in total. The quantitative estimate of drug-likeness (QED) is 0.501. The standard InChI is InChI=1S/C20H26FN3O2/c1-3-22-20(23-12-15-9-10-19(26-2)18(21)11-15)24-13-17(14-25)16-7-5-4-6-8-16/h4-11,17,25H,3,12-14H2,1-2H3,(H2,22,23,24). The zero-order chi connectivity index (χ0) is 18.8. The Labute approximate surface area is 153 Å². The minimum absolute atomic E-state index is 0.0292. The van der Waals surface area contributed by atoms with Gasteiger partial charge in [0, 0.05) is 19.0 Å². The molecule has 26 heavy (non-hydrogen) atoms. The number of aliphatic hydroxyl groups excluding tert-OH is 1. The minimum atomic E-state index is -0.400. The highest BCUT2D eigenvalue weighted by Crippen LogP contribution is 2.18. The van der Waals surface area contributed by atoms with E-state index < -0.39 is 5.82 Å². The molecule has 0 heterocycles. The lowest BCUT2D eigenvalue weighted by molar-refractivity contribution is 0.265. The Kier molecular flexibility index (Phi) is 7.89. The fourth-order valence-corrected chi connectivity index (χ4v) is 2.55. The molecule has 6 heteroatoms. The monoisotopic (exact) mass is 359 g/mol. The molecule has 0 spiro atoms. The van der Waals surface area contributed by atoms with Crippen molar-refractivity contribution in [1.29, 1.82) is 0 Å². The number of aliphatic imine (C=N–C) groups is 1. The van der Waals surface area contributed by atoms with Crippen molar-refractivity contribution >= 4 is 5.96 Å². The maximum Gasteiger partial charge on any atom is 0.191 e. The Morgan fingerprint density at radius 3 is 2.58 bits per heavy atom. The van der Waals surface area contributed by atoms with Gasteiger partial charge in [-0.05, 0) is 30.2 Å².